The number of rotatable bonds is 2. The summed E-state index contributed by atoms with van der Waals surface area (Å²) in [5.41, 5.74) is 1.11. The van der Waals surface area contributed by atoms with E-state index in [4.69, 9.17) is 9.90 Å². The number of aromatic nitrogens is 2. The predicted octanol–water partition coefficient (Wildman–Crippen LogP) is 2.41. The van der Waals surface area contributed by atoms with Gasteiger partial charge in [0, 0.05) is 32.1 Å². The van der Waals surface area contributed by atoms with Gasteiger partial charge in [-0.2, -0.15) is 0 Å². The Morgan fingerprint density at radius 1 is 1.28 bits per heavy atom. The summed E-state index contributed by atoms with van der Waals surface area (Å²) in [7, 11) is 2.80. The molecule has 25 heavy (non-hydrogen) atoms. The molecule has 1 fully saturated rings. The van der Waals surface area contributed by atoms with E-state index in [1.54, 1.807) is 19.6 Å². The van der Waals surface area contributed by atoms with Crippen molar-refractivity contribution >= 4 is 12.7 Å². The van der Waals surface area contributed by atoms with E-state index in [1.165, 1.54) is 19.3 Å². The molecule has 0 unspecified atom stereocenters. The molecule has 1 aromatic heterocycles. The monoisotopic (exact) mass is 360 g/mol. The Kier molecular flexibility index (Phi) is 37.5. The molecular formula is C18H40N4O3. The summed E-state index contributed by atoms with van der Waals surface area (Å²) in [5, 5.41) is 9.85. The maximum atomic E-state index is 11.1. The molecular weight excluding hydrogens is 320 g/mol. The number of likely N-dealkylation sites (N-methyl/N-ethyl adjacent to an activating group) is 1. The first-order valence-corrected chi connectivity index (χ1v) is 8.76. The SMILES string of the molecule is C=O.CC.CCC.CNCC(=O)N1CCCC1.CO.Cc1cnc[nH]1. The molecule has 2 heterocycles. The second-order valence-corrected chi connectivity index (χ2v) is 4.56. The third kappa shape index (κ3) is 24.6. The molecule has 1 aliphatic heterocycles. The average Bonchev–Trinajstić information content (AvgIpc) is 3.35. The Balaban J connectivity index is -0.000000126. The van der Waals surface area contributed by atoms with E-state index in [9.17, 15) is 4.79 Å². The second-order valence-electron chi connectivity index (χ2n) is 4.56. The van der Waals surface area contributed by atoms with Crippen LogP contribution in [0.25, 0.3) is 0 Å². The van der Waals surface area contributed by atoms with Crippen molar-refractivity contribution in [3.8, 4) is 0 Å². The topological polar surface area (TPSA) is 98.3 Å². The van der Waals surface area contributed by atoms with Crippen LogP contribution in [-0.4, -0.2) is 66.5 Å². The number of nitrogens with zero attached hydrogens (tertiary/aromatic N) is 2. The molecule has 150 valence electrons. The standard InChI is InChI=1S/C7H14N2O.C4H6N2.C3H8.C2H6.CH4O.CH2O/c1-8-6-7(10)9-4-2-3-5-9;1-4-2-5-3-6-4;1-3-2;3*1-2/h8H,2-6H2,1H3;2-3H,1H3,(H,5,6);3H2,1-2H3;1-2H3;2H,1H3;1H2. The molecule has 1 aromatic rings. The minimum Gasteiger partial charge on any atom is -0.400 e. The summed E-state index contributed by atoms with van der Waals surface area (Å²) in [6.45, 7) is 14.6. The molecule has 0 radical (unpaired) electrons. The van der Waals surface area contributed by atoms with Crippen molar-refractivity contribution in [1.29, 1.82) is 0 Å². The fourth-order valence-corrected chi connectivity index (χ4v) is 1.55. The lowest BCUT2D eigenvalue weighted by Crippen LogP contribution is -2.34. The van der Waals surface area contributed by atoms with Crippen molar-refractivity contribution in [2.24, 2.45) is 0 Å². The number of imidazole rings is 1. The molecule has 1 amide bonds. The van der Waals surface area contributed by atoms with Crippen LogP contribution in [-0.2, 0) is 9.59 Å². The Labute approximate surface area is 154 Å². The van der Waals surface area contributed by atoms with Gasteiger partial charge in [-0.15, -0.1) is 0 Å². The Hall–Kier alpha value is -1.73. The Morgan fingerprint density at radius 2 is 1.72 bits per heavy atom. The maximum absolute atomic E-state index is 11.1. The van der Waals surface area contributed by atoms with Gasteiger partial charge in [-0.25, -0.2) is 4.98 Å². The van der Waals surface area contributed by atoms with Gasteiger partial charge < -0.3 is 25.1 Å². The van der Waals surface area contributed by atoms with Crippen LogP contribution < -0.4 is 5.32 Å². The Bertz CT molecular complexity index is 327. The molecule has 1 aliphatic rings. The highest BCUT2D eigenvalue weighted by atomic mass is 16.2. The molecule has 2 rings (SSSR count). The van der Waals surface area contributed by atoms with Gasteiger partial charge in [-0.1, -0.05) is 34.1 Å². The number of carbonyl (C=O) groups excluding carboxylic acids is 2. The number of carbonyl (C=O) groups is 2. The third-order valence-corrected chi connectivity index (χ3v) is 2.42. The number of hydrogen-bond acceptors (Lipinski definition) is 5. The zero-order valence-corrected chi connectivity index (χ0v) is 17.3. The lowest BCUT2D eigenvalue weighted by atomic mass is 10.4. The number of likely N-dealkylation sites (tertiary alicyclic amines) is 1. The van der Waals surface area contributed by atoms with Crippen LogP contribution in [0, 0.1) is 6.92 Å². The minimum atomic E-state index is 0.236. The zero-order valence-electron chi connectivity index (χ0n) is 17.3. The minimum absolute atomic E-state index is 0.236. The van der Waals surface area contributed by atoms with Crippen molar-refractivity contribution in [3.05, 3.63) is 18.2 Å². The van der Waals surface area contributed by atoms with Crippen molar-refractivity contribution in [1.82, 2.24) is 20.2 Å². The molecule has 0 aliphatic carbocycles. The van der Waals surface area contributed by atoms with Gasteiger partial charge in [0.05, 0.1) is 12.9 Å². The van der Waals surface area contributed by atoms with E-state index in [2.05, 4.69) is 29.1 Å². The van der Waals surface area contributed by atoms with E-state index in [0.717, 1.165) is 25.9 Å². The van der Waals surface area contributed by atoms with Gasteiger partial charge in [0.2, 0.25) is 5.91 Å². The first-order valence-electron chi connectivity index (χ1n) is 8.76. The van der Waals surface area contributed by atoms with Crippen molar-refractivity contribution < 1.29 is 14.7 Å². The van der Waals surface area contributed by atoms with E-state index in [-0.39, 0.29) is 5.91 Å². The quantitative estimate of drug-likeness (QED) is 0.752. The van der Waals surface area contributed by atoms with Crippen LogP contribution >= 0.6 is 0 Å². The number of hydrogen-bond donors (Lipinski definition) is 3. The number of H-pyrrole nitrogens is 1. The Morgan fingerprint density at radius 3 is 1.96 bits per heavy atom. The summed E-state index contributed by atoms with van der Waals surface area (Å²) in [6.07, 6.45) is 7.04. The molecule has 7 heteroatoms. The van der Waals surface area contributed by atoms with Gasteiger partial charge in [0.25, 0.3) is 0 Å². The van der Waals surface area contributed by atoms with Crippen molar-refractivity contribution in [3.63, 3.8) is 0 Å². The highest BCUT2D eigenvalue weighted by molar-refractivity contribution is 5.78. The third-order valence-electron chi connectivity index (χ3n) is 2.42. The number of amides is 1. The van der Waals surface area contributed by atoms with Crippen molar-refractivity contribution in [2.75, 3.05) is 33.8 Å². The van der Waals surface area contributed by atoms with Crippen LogP contribution in [0.15, 0.2) is 12.5 Å². The highest BCUT2D eigenvalue weighted by Gasteiger charge is 2.15. The molecule has 0 atom stereocenters. The fourth-order valence-electron chi connectivity index (χ4n) is 1.55. The van der Waals surface area contributed by atoms with E-state index in [0.29, 0.717) is 6.54 Å². The predicted molar refractivity (Wildman–Crippen MR) is 106 cm³/mol. The lowest BCUT2D eigenvalue weighted by Gasteiger charge is -2.13. The zero-order chi connectivity index (χ0) is 20.5. The van der Waals surface area contributed by atoms with Crippen molar-refractivity contribution in [2.45, 2.75) is 53.9 Å². The summed E-state index contributed by atoms with van der Waals surface area (Å²) in [4.78, 5) is 27.7. The van der Waals surface area contributed by atoms with Gasteiger partial charge in [0.15, 0.2) is 0 Å². The van der Waals surface area contributed by atoms with E-state index >= 15 is 0 Å². The normalized spacial score (nSPS) is 10.6. The number of aliphatic hydroxyl groups excluding tert-OH is 1. The summed E-state index contributed by atoms with van der Waals surface area (Å²) in [5.74, 6) is 0.236. The maximum Gasteiger partial charge on any atom is 0.236 e. The molecule has 3 N–H and O–H groups in total. The molecule has 1 saturated heterocycles. The van der Waals surface area contributed by atoms with Crippen LogP contribution in [0.4, 0.5) is 0 Å². The first-order chi connectivity index (χ1) is 12.2. The largest absolute Gasteiger partial charge is 0.400 e. The number of nitrogens with one attached hydrogen (secondary N) is 2. The molecule has 0 spiro atoms. The average molecular weight is 361 g/mol. The number of aromatic amines is 1. The first kappa shape index (κ1) is 31.1. The summed E-state index contributed by atoms with van der Waals surface area (Å²) in [6, 6.07) is 0. The molecule has 0 bridgehead atoms. The number of aryl methyl sites for hydroxylation is 1. The second kappa shape index (κ2) is 30.2. The van der Waals surface area contributed by atoms with Crippen LogP contribution in [0.3, 0.4) is 0 Å². The number of aliphatic hydroxyl groups is 1. The summed E-state index contributed by atoms with van der Waals surface area (Å²) >= 11 is 0. The summed E-state index contributed by atoms with van der Waals surface area (Å²) < 4.78 is 0. The smallest absolute Gasteiger partial charge is 0.236 e. The van der Waals surface area contributed by atoms with Crippen LogP contribution in [0.2, 0.25) is 0 Å². The molecule has 7 nitrogen and oxygen atoms in total. The fraction of sp³-hybridized carbons (Fsp3) is 0.722. The van der Waals surface area contributed by atoms with Gasteiger partial charge in [-0.3, -0.25) is 4.79 Å². The van der Waals surface area contributed by atoms with Crippen LogP contribution in [0.1, 0.15) is 52.7 Å². The molecule has 0 saturated carbocycles. The van der Waals surface area contributed by atoms with Gasteiger partial charge >= 0.3 is 0 Å². The van der Waals surface area contributed by atoms with Crippen LogP contribution in [0.5, 0.6) is 0 Å². The highest BCUT2D eigenvalue weighted by Crippen LogP contribution is 2.06. The van der Waals surface area contributed by atoms with Gasteiger partial charge in [0.1, 0.15) is 6.79 Å². The molecule has 0 aromatic carbocycles. The van der Waals surface area contributed by atoms with Gasteiger partial charge in [-0.05, 0) is 26.8 Å². The lowest BCUT2D eigenvalue weighted by molar-refractivity contribution is -0.129. The van der Waals surface area contributed by atoms with E-state index < -0.39 is 0 Å². The van der Waals surface area contributed by atoms with E-state index in [1.807, 2.05) is 32.5 Å².